The van der Waals surface area contributed by atoms with Gasteiger partial charge in [0.25, 0.3) is 5.91 Å². The summed E-state index contributed by atoms with van der Waals surface area (Å²) in [6, 6.07) is 9.98. The Kier molecular flexibility index (Phi) is 7.13. The zero-order valence-corrected chi connectivity index (χ0v) is 16.6. The third kappa shape index (κ3) is 4.67. The number of amides is 1. The Balaban J connectivity index is 2.34. The summed E-state index contributed by atoms with van der Waals surface area (Å²) in [6.45, 7) is 0. The molecule has 0 aromatic heterocycles. The first kappa shape index (κ1) is 20.9. The number of rotatable bonds is 7. The summed E-state index contributed by atoms with van der Waals surface area (Å²) >= 11 is 6.06. The molecule has 0 fully saturated rings. The minimum absolute atomic E-state index is 0.108. The molecule has 0 spiro atoms. The van der Waals surface area contributed by atoms with E-state index in [0.717, 1.165) is 0 Å². The van der Waals surface area contributed by atoms with Crippen molar-refractivity contribution in [2.45, 2.75) is 0 Å². The molecular formula is C20H19ClN2O5. The molecule has 0 radical (unpaired) electrons. The SMILES string of the molecule is COc1cc(NC(=O)/C(C#N)=C/c2ccc(OC)c(OC)c2)c(OC)cc1Cl. The molecule has 0 saturated carbocycles. The Bertz CT molecular complexity index is 950. The highest BCUT2D eigenvalue weighted by atomic mass is 35.5. The smallest absolute Gasteiger partial charge is 0.266 e. The molecule has 2 rings (SSSR count). The van der Waals surface area contributed by atoms with Gasteiger partial charge in [0.2, 0.25) is 0 Å². The monoisotopic (exact) mass is 402 g/mol. The van der Waals surface area contributed by atoms with Gasteiger partial charge >= 0.3 is 0 Å². The number of carbonyl (C=O) groups excluding carboxylic acids is 1. The molecule has 0 bridgehead atoms. The first-order valence-electron chi connectivity index (χ1n) is 8.04. The van der Waals surface area contributed by atoms with Crippen LogP contribution in [-0.4, -0.2) is 34.3 Å². The number of hydrogen-bond acceptors (Lipinski definition) is 6. The minimum atomic E-state index is -0.611. The van der Waals surface area contributed by atoms with Crippen molar-refractivity contribution < 1.29 is 23.7 Å². The number of anilines is 1. The van der Waals surface area contributed by atoms with E-state index in [0.29, 0.717) is 39.3 Å². The highest BCUT2D eigenvalue weighted by molar-refractivity contribution is 6.32. The number of methoxy groups -OCH3 is 4. The van der Waals surface area contributed by atoms with Crippen LogP contribution in [0.2, 0.25) is 5.02 Å². The third-order valence-corrected chi connectivity index (χ3v) is 4.10. The second-order valence-corrected chi connectivity index (χ2v) is 5.83. The molecule has 0 atom stereocenters. The standard InChI is InChI=1S/C20H19ClN2O5/c1-25-16-6-5-12(8-19(16)28-4)7-13(11-22)20(24)23-15-10-17(26-2)14(21)9-18(15)27-3/h5-10H,1-4H3,(H,23,24)/b13-7+. The Hall–Kier alpha value is -3.37. The largest absolute Gasteiger partial charge is 0.495 e. The lowest BCUT2D eigenvalue weighted by Gasteiger charge is -2.13. The molecule has 0 saturated heterocycles. The molecule has 0 aliphatic carbocycles. The van der Waals surface area contributed by atoms with Crippen molar-refractivity contribution in [3.63, 3.8) is 0 Å². The molecule has 8 heteroatoms. The van der Waals surface area contributed by atoms with Gasteiger partial charge in [0.15, 0.2) is 11.5 Å². The molecule has 1 amide bonds. The lowest BCUT2D eigenvalue weighted by molar-refractivity contribution is -0.112. The molecular weight excluding hydrogens is 384 g/mol. The van der Waals surface area contributed by atoms with E-state index in [1.807, 2.05) is 6.07 Å². The fourth-order valence-electron chi connectivity index (χ4n) is 2.41. The zero-order valence-electron chi connectivity index (χ0n) is 15.8. The maximum absolute atomic E-state index is 12.6. The van der Waals surface area contributed by atoms with Crippen molar-refractivity contribution in [3.8, 4) is 29.1 Å². The van der Waals surface area contributed by atoms with E-state index in [4.69, 9.17) is 30.5 Å². The average Bonchev–Trinajstić information content (AvgIpc) is 2.72. The summed E-state index contributed by atoms with van der Waals surface area (Å²) in [4.78, 5) is 12.6. The second-order valence-electron chi connectivity index (χ2n) is 5.43. The van der Waals surface area contributed by atoms with E-state index in [2.05, 4.69) is 5.32 Å². The summed E-state index contributed by atoms with van der Waals surface area (Å²) < 4.78 is 20.8. The van der Waals surface area contributed by atoms with E-state index in [1.54, 1.807) is 18.2 Å². The van der Waals surface area contributed by atoms with Crippen molar-refractivity contribution in [3.05, 3.63) is 46.5 Å². The van der Waals surface area contributed by atoms with Crippen molar-refractivity contribution in [2.24, 2.45) is 0 Å². The molecule has 0 heterocycles. The number of hydrogen-bond donors (Lipinski definition) is 1. The first-order valence-corrected chi connectivity index (χ1v) is 8.41. The van der Waals surface area contributed by atoms with Gasteiger partial charge in [-0.25, -0.2) is 0 Å². The van der Waals surface area contributed by atoms with Gasteiger partial charge in [0, 0.05) is 12.1 Å². The summed E-state index contributed by atoms with van der Waals surface area (Å²) in [7, 11) is 5.92. The second kappa shape index (κ2) is 9.53. The summed E-state index contributed by atoms with van der Waals surface area (Å²) in [5.41, 5.74) is 0.815. The van der Waals surface area contributed by atoms with Crippen LogP contribution in [0.15, 0.2) is 35.9 Å². The lowest BCUT2D eigenvalue weighted by atomic mass is 10.1. The normalized spacial score (nSPS) is 10.6. The summed E-state index contributed by atoms with van der Waals surface area (Å²) in [6.07, 6.45) is 1.44. The Labute approximate surface area is 168 Å². The first-order chi connectivity index (χ1) is 13.5. The van der Waals surface area contributed by atoms with Crippen LogP contribution in [0.4, 0.5) is 5.69 Å². The highest BCUT2D eigenvalue weighted by Crippen LogP contribution is 2.36. The molecule has 0 unspecified atom stereocenters. The fourth-order valence-corrected chi connectivity index (χ4v) is 2.64. The number of nitriles is 1. The highest BCUT2D eigenvalue weighted by Gasteiger charge is 2.16. The molecule has 0 aliphatic heterocycles. The van der Waals surface area contributed by atoms with Gasteiger partial charge < -0.3 is 24.3 Å². The average molecular weight is 403 g/mol. The van der Waals surface area contributed by atoms with E-state index in [9.17, 15) is 10.1 Å². The van der Waals surface area contributed by atoms with Gasteiger partial charge in [0.05, 0.1) is 39.1 Å². The number of nitrogens with zero attached hydrogens (tertiary/aromatic N) is 1. The predicted octanol–water partition coefficient (Wildman–Crippen LogP) is 3.92. The van der Waals surface area contributed by atoms with Crippen LogP contribution in [0, 0.1) is 11.3 Å². The maximum Gasteiger partial charge on any atom is 0.266 e. The van der Waals surface area contributed by atoms with Crippen LogP contribution >= 0.6 is 11.6 Å². The molecule has 2 aromatic rings. The predicted molar refractivity (Wildman–Crippen MR) is 106 cm³/mol. The van der Waals surface area contributed by atoms with E-state index >= 15 is 0 Å². The number of halogens is 1. The van der Waals surface area contributed by atoms with Crippen LogP contribution < -0.4 is 24.3 Å². The van der Waals surface area contributed by atoms with Gasteiger partial charge in [-0.2, -0.15) is 5.26 Å². The van der Waals surface area contributed by atoms with Crippen molar-refractivity contribution >= 4 is 29.3 Å². The molecule has 146 valence electrons. The quantitative estimate of drug-likeness (QED) is 0.557. The van der Waals surface area contributed by atoms with E-state index < -0.39 is 5.91 Å². The number of ether oxygens (including phenoxy) is 4. The summed E-state index contributed by atoms with van der Waals surface area (Å²) in [5.74, 6) is 1.11. The number of nitrogens with one attached hydrogen (secondary N) is 1. The van der Waals surface area contributed by atoms with E-state index in [-0.39, 0.29) is 5.57 Å². The number of carbonyl (C=O) groups is 1. The van der Waals surface area contributed by atoms with Gasteiger partial charge in [-0.15, -0.1) is 0 Å². The fraction of sp³-hybridized carbons (Fsp3) is 0.200. The van der Waals surface area contributed by atoms with E-state index in [1.165, 1.54) is 46.6 Å². The van der Waals surface area contributed by atoms with Crippen molar-refractivity contribution in [1.29, 1.82) is 5.26 Å². The minimum Gasteiger partial charge on any atom is -0.495 e. The maximum atomic E-state index is 12.6. The van der Waals surface area contributed by atoms with Crippen LogP contribution in [0.3, 0.4) is 0 Å². The van der Waals surface area contributed by atoms with Gasteiger partial charge in [-0.1, -0.05) is 17.7 Å². The Morgan fingerprint density at radius 2 is 1.61 bits per heavy atom. The lowest BCUT2D eigenvalue weighted by Crippen LogP contribution is -2.14. The Morgan fingerprint density at radius 3 is 2.18 bits per heavy atom. The van der Waals surface area contributed by atoms with Crippen LogP contribution in [-0.2, 0) is 4.79 Å². The molecule has 7 nitrogen and oxygen atoms in total. The molecule has 1 N–H and O–H groups in total. The van der Waals surface area contributed by atoms with Crippen LogP contribution in [0.1, 0.15) is 5.56 Å². The zero-order chi connectivity index (χ0) is 20.7. The van der Waals surface area contributed by atoms with Crippen LogP contribution in [0.5, 0.6) is 23.0 Å². The third-order valence-electron chi connectivity index (χ3n) is 3.81. The number of benzene rings is 2. The van der Waals surface area contributed by atoms with Gasteiger partial charge in [-0.05, 0) is 23.8 Å². The van der Waals surface area contributed by atoms with Gasteiger partial charge in [-0.3, -0.25) is 4.79 Å². The van der Waals surface area contributed by atoms with Crippen LogP contribution in [0.25, 0.3) is 6.08 Å². The van der Waals surface area contributed by atoms with Gasteiger partial charge in [0.1, 0.15) is 23.1 Å². The molecule has 28 heavy (non-hydrogen) atoms. The molecule has 0 aliphatic rings. The van der Waals surface area contributed by atoms with Crippen molar-refractivity contribution in [1.82, 2.24) is 0 Å². The topological polar surface area (TPSA) is 89.8 Å². The Morgan fingerprint density at radius 1 is 0.964 bits per heavy atom. The molecule has 2 aromatic carbocycles. The van der Waals surface area contributed by atoms with Crippen molar-refractivity contribution in [2.75, 3.05) is 33.8 Å². The summed E-state index contributed by atoms with van der Waals surface area (Å²) in [5, 5.41) is 12.4.